The summed E-state index contributed by atoms with van der Waals surface area (Å²) in [6, 6.07) is 8.33. The molecule has 1 amide bonds. The summed E-state index contributed by atoms with van der Waals surface area (Å²) in [6.45, 7) is 2.91. The smallest absolute Gasteiger partial charge is 0.236 e. The van der Waals surface area contributed by atoms with Gasteiger partial charge in [-0.05, 0) is 32.6 Å². The summed E-state index contributed by atoms with van der Waals surface area (Å²) in [5.74, 6) is 0.129. The number of carbonyl (C=O) groups is 1. The molecule has 1 saturated heterocycles. The van der Waals surface area contributed by atoms with Gasteiger partial charge in [-0.15, -0.1) is 0 Å². The molecule has 0 saturated carbocycles. The Morgan fingerprint density at radius 1 is 1.25 bits per heavy atom. The van der Waals surface area contributed by atoms with E-state index in [0.29, 0.717) is 19.1 Å². The van der Waals surface area contributed by atoms with Crippen LogP contribution in [0.5, 0.6) is 0 Å². The lowest BCUT2D eigenvalue weighted by Crippen LogP contribution is -2.39. The van der Waals surface area contributed by atoms with Gasteiger partial charge in [-0.3, -0.25) is 14.7 Å². The molecule has 2 heterocycles. The Balaban J connectivity index is 1.57. The van der Waals surface area contributed by atoms with E-state index in [2.05, 4.69) is 33.9 Å². The van der Waals surface area contributed by atoms with Crippen LogP contribution in [0, 0.1) is 0 Å². The zero-order chi connectivity index (χ0) is 17.1. The summed E-state index contributed by atoms with van der Waals surface area (Å²) in [4.78, 5) is 27.7. The standard InChI is InChI=1S/C18H25N5O/c1-21(2)15-8-9-23(12-15)13-18(24)22(3)11-14-10-19-16-6-4-5-7-17(16)20-14/h4-7,10,15H,8-9,11-13H2,1-3H3/t15-/m1/s1. The molecule has 6 heteroatoms. The van der Waals surface area contributed by atoms with E-state index >= 15 is 0 Å². The van der Waals surface area contributed by atoms with Crippen molar-refractivity contribution in [2.75, 3.05) is 40.8 Å². The molecule has 24 heavy (non-hydrogen) atoms. The van der Waals surface area contributed by atoms with E-state index in [0.717, 1.165) is 36.2 Å². The first kappa shape index (κ1) is 16.8. The number of benzene rings is 1. The molecule has 0 unspecified atom stereocenters. The molecule has 0 radical (unpaired) electrons. The third kappa shape index (κ3) is 3.88. The van der Waals surface area contributed by atoms with Crippen LogP contribution in [0.4, 0.5) is 0 Å². The summed E-state index contributed by atoms with van der Waals surface area (Å²) in [6.07, 6.45) is 2.88. The van der Waals surface area contributed by atoms with Crippen molar-refractivity contribution in [3.05, 3.63) is 36.2 Å². The Kier molecular flexibility index (Phi) is 5.06. The number of likely N-dealkylation sites (N-methyl/N-ethyl adjacent to an activating group) is 2. The lowest BCUT2D eigenvalue weighted by atomic mass is 10.2. The minimum absolute atomic E-state index is 0.129. The molecule has 128 valence electrons. The average molecular weight is 327 g/mol. The van der Waals surface area contributed by atoms with Crippen LogP contribution in [0.15, 0.2) is 30.5 Å². The van der Waals surface area contributed by atoms with Gasteiger partial charge in [-0.1, -0.05) is 12.1 Å². The topological polar surface area (TPSA) is 52.6 Å². The molecule has 0 spiro atoms. The van der Waals surface area contributed by atoms with Gasteiger partial charge < -0.3 is 9.80 Å². The lowest BCUT2D eigenvalue weighted by molar-refractivity contribution is -0.131. The maximum atomic E-state index is 12.5. The number of fused-ring (bicyclic) bond motifs is 1. The highest BCUT2D eigenvalue weighted by Crippen LogP contribution is 2.14. The second-order valence-electron chi connectivity index (χ2n) is 6.74. The van der Waals surface area contributed by atoms with Crippen molar-refractivity contribution >= 4 is 16.9 Å². The fourth-order valence-electron chi connectivity index (χ4n) is 3.09. The van der Waals surface area contributed by atoms with Crippen molar-refractivity contribution in [1.29, 1.82) is 0 Å². The number of para-hydroxylation sites is 2. The van der Waals surface area contributed by atoms with Gasteiger partial charge in [-0.2, -0.15) is 0 Å². The molecule has 2 aromatic rings. The van der Waals surface area contributed by atoms with Gasteiger partial charge in [0, 0.05) is 26.2 Å². The number of hydrogen-bond acceptors (Lipinski definition) is 5. The number of carbonyl (C=O) groups excluding carboxylic acids is 1. The molecule has 0 bridgehead atoms. The van der Waals surface area contributed by atoms with Crippen molar-refractivity contribution in [2.24, 2.45) is 0 Å². The van der Waals surface area contributed by atoms with Gasteiger partial charge in [0.25, 0.3) is 0 Å². The maximum Gasteiger partial charge on any atom is 0.236 e. The van der Waals surface area contributed by atoms with Crippen LogP contribution >= 0.6 is 0 Å². The minimum Gasteiger partial charge on any atom is -0.339 e. The largest absolute Gasteiger partial charge is 0.339 e. The van der Waals surface area contributed by atoms with Crippen LogP contribution in [0.2, 0.25) is 0 Å². The Bertz CT molecular complexity index is 717. The third-order valence-corrected chi connectivity index (χ3v) is 4.66. The van der Waals surface area contributed by atoms with Crippen LogP contribution in [-0.2, 0) is 11.3 Å². The summed E-state index contributed by atoms with van der Waals surface area (Å²) < 4.78 is 0. The minimum atomic E-state index is 0.129. The Labute approximate surface area is 143 Å². The van der Waals surface area contributed by atoms with Crippen LogP contribution in [0.3, 0.4) is 0 Å². The third-order valence-electron chi connectivity index (χ3n) is 4.66. The molecule has 1 fully saturated rings. The monoisotopic (exact) mass is 327 g/mol. The van der Waals surface area contributed by atoms with Gasteiger partial charge in [0.05, 0.1) is 36.0 Å². The van der Waals surface area contributed by atoms with Crippen molar-refractivity contribution in [3.8, 4) is 0 Å². The molecule has 1 aliphatic heterocycles. The van der Waals surface area contributed by atoms with Crippen molar-refractivity contribution in [3.63, 3.8) is 0 Å². The van der Waals surface area contributed by atoms with E-state index in [1.54, 1.807) is 11.1 Å². The summed E-state index contributed by atoms with van der Waals surface area (Å²) in [5, 5.41) is 0. The lowest BCUT2D eigenvalue weighted by Gasteiger charge is -2.22. The second-order valence-corrected chi connectivity index (χ2v) is 6.74. The second kappa shape index (κ2) is 7.23. The van der Waals surface area contributed by atoms with E-state index in [1.807, 2.05) is 31.3 Å². The average Bonchev–Trinajstić information content (AvgIpc) is 3.03. The number of aromatic nitrogens is 2. The van der Waals surface area contributed by atoms with Gasteiger partial charge >= 0.3 is 0 Å². The Morgan fingerprint density at radius 3 is 2.71 bits per heavy atom. The first-order chi connectivity index (χ1) is 11.5. The zero-order valence-electron chi connectivity index (χ0n) is 14.6. The van der Waals surface area contributed by atoms with Crippen molar-refractivity contribution in [2.45, 2.75) is 19.0 Å². The van der Waals surface area contributed by atoms with Gasteiger partial charge in [-0.25, -0.2) is 4.98 Å². The van der Waals surface area contributed by atoms with Crippen molar-refractivity contribution < 1.29 is 4.79 Å². The molecule has 1 atom stereocenters. The molecule has 1 aromatic heterocycles. The molecule has 3 rings (SSSR count). The Morgan fingerprint density at radius 2 is 2.00 bits per heavy atom. The maximum absolute atomic E-state index is 12.5. The summed E-state index contributed by atoms with van der Waals surface area (Å²) in [7, 11) is 6.03. The molecular formula is C18H25N5O. The predicted octanol–water partition coefficient (Wildman–Crippen LogP) is 1.22. The first-order valence-electron chi connectivity index (χ1n) is 8.36. The predicted molar refractivity (Wildman–Crippen MR) is 94.5 cm³/mol. The molecule has 1 aromatic carbocycles. The van der Waals surface area contributed by atoms with E-state index in [1.165, 1.54) is 0 Å². The SMILES string of the molecule is CN(Cc1cnc2ccccc2n1)C(=O)CN1CC[C@@H](N(C)C)C1. The van der Waals surface area contributed by atoms with Crippen LogP contribution in [0.1, 0.15) is 12.1 Å². The Hall–Kier alpha value is -2.05. The van der Waals surface area contributed by atoms with Crippen LogP contribution in [0.25, 0.3) is 11.0 Å². The highest BCUT2D eigenvalue weighted by molar-refractivity contribution is 5.78. The molecular weight excluding hydrogens is 302 g/mol. The van der Waals surface area contributed by atoms with Crippen molar-refractivity contribution in [1.82, 2.24) is 24.7 Å². The normalized spacial score (nSPS) is 18.4. The van der Waals surface area contributed by atoms with E-state index in [4.69, 9.17) is 0 Å². The number of amides is 1. The molecule has 0 N–H and O–H groups in total. The number of hydrogen-bond donors (Lipinski definition) is 0. The highest BCUT2D eigenvalue weighted by Gasteiger charge is 2.26. The zero-order valence-corrected chi connectivity index (χ0v) is 14.6. The first-order valence-corrected chi connectivity index (χ1v) is 8.36. The van der Waals surface area contributed by atoms with Gasteiger partial charge in [0.2, 0.25) is 5.91 Å². The molecule has 0 aliphatic carbocycles. The highest BCUT2D eigenvalue weighted by atomic mass is 16.2. The van der Waals surface area contributed by atoms with Crippen LogP contribution < -0.4 is 0 Å². The number of rotatable bonds is 5. The van der Waals surface area contributed by atoms with E-state index in [9.17, 15) is 4.79 Å². The molecule has 1 aliphatic rings. The fraction of sp³-hybridized carbons (Fsp3) is 0.500. The van der Waals surface area contributed by atoms with Crippen LogP contribution in [-0.4, -0.2) is 77.4 Å². The molecule has 6 nitrogen and oxygen atoms in total. The fourth-order valence-corrected chi connectivity index (χ4v) is 3.09. The summed E-state index contributed by atoms with van der Waals surface area (Å²) >= 11 is 0. The number of nitrogens with zero attached hydrogens (tertiary/aromatic N) is 5. The van der Waals surface area contributed by atoms with E-state index in [-0.39, 0.29) is 5.91 Å². The quantitative estimate of drug-likeness (QED) is 0.827. The van der Waals surface area contributed by atoms with E-state index < -0.39 is 0 Å². The number of likely N-dealkylation sites (tertiary alicyclic amines) is 1. The van der Waals surface area contributed by atoms with Gasteiger partial charge in [0.15, 0.2) is 0 Å². The summed E-state index contributed by atoms with van der Waals surface area (Å²) in [5.41, 5.74) is 2.56. The van der Waals surface area contributed by atoms with Gasteiger partial charge in [0.1, 0.15) is 0 Å².